The van der Waals surface area contributed by atoms with Crippen LogP contribution in [0.2, 0.25) is 0 Å². The Labute approximate surface area is 209 Å². The van der Waals surface area contributed by atoms with Crippen molar-refractivity contribution in [1.29, 1.82) is 0 Å². The van der Waals surface area contributed by atoms with Gasteiger partial charge in [0.2, 0.25) is 11.8 Å². The first-order valence-electron chi connectivity index (χ1n) is 10.5. The van der Waals surface area contributed by atoms with Crippen molar-refractivity contribution in [3.8, 4) is 5.88 Å². The van der Waals surface area contributed by atoms with Crippen LogP contribution in [0.1, 0.15) is 23.6 Å². The normalized spacial score (nSPS) is 11.5. The molecule has 1 aromatic heterocycles. The molecule has 0 aliphatic carbocycles. The van der Waals surface area contributed by atoms with Gasteiger partial charge >= 0.3 is 5.69 Å². The van der Waals surface area contributed by atoms with Crippen LogP contribution in [0.25, 0.3) is 0 Å². The zero-order valence-electron chi connectivity index (χ0n) is 19.3. The SMILES string of the molecule is CCc1ccc(N=C(SCC(=O)Nc2ccc(Br)c(C)c2)c2c(O)n(C)c(=O)n(C)c2=O)cc1. The number of anilines is 1. The van der Waals surface area contributed by atoms with Crippen LogP contribution >= 0.6 is 27.7 Å². The summed E-state index contributed by atoms with van der Waals surface area (Å²) < 4.78 is 2.80. The molecule has 0 saturated carbocycles. The second-order valence-electron chi connectivity index (χ2n) is 7.64. The molecule has 0 spiro atoms. The smallest absolute Gasteiger partial charge is 0.333 e. The number of rotatable bonds is 6. The Morgan fingerprint density at radius 2 is 1.79 bits per heavy atom. The minimum absolute atomic E-state index is 0.0631. The number of aromatic hydroxyl groups is 1. The van der Waals surface area contributed by atoms with Crippen LogP contribution in [0.3, 0.4) is 0 Å². The number of benzene rings is 2. The topological polar surface area (TPSA) is 106 Å². The zero-order valence-corrected chi connectivity index (χ0v) is 21.7. The lowest BCUT2D eigenvalue weighted by atomic mass is 10.1. The van der Waals surface area contributed by atoms with Gasteiger partial charge in [0, 0.05) is 24.3 Å². The number of amides is 1. The molecule has 0 aliphatic heterocycles. The van der Waals surface area contributed by atoms with Crippen molar-refractivity contribution in [2.45, 2.75) is 20.3 Å². The highest BCUT2D eigenvalue weighted by Crippen LogP contribution is 2.24. The minimum Gasteiger partial charge on any atom is -0.494 e. The van der Waals surface area contributed by atoms with Gasteiger partial charge in [0.15, 0.2) is 0 Å². The Hall–Kier alpha value is -3.11. The van der Waals surface area contributed by atoms with Gasteiger partial charge in [-0.15, -0.1) is 0 Å². The van der Waals surface area contributed by atoms with Crippen molar-refractivity contribution in [3.05, 3.63) is 84.5 Å². The van der Waals surface area contributed by atoms with Gasteiger partial charge in [-0.25, -0.2) is 9.79 Å². The van der Waals surface area contributed by atoms with E-state index in [1.807, 2.05) is 38.1 Å². The molecule has 8 nitrogen and oxygen atoms in total. The van der Waals surface area contributed by atoms with Gasteiger partial charge in [-0.3, -0.25) is 18.7 Å². The summed E-state index contributed by atoms with van der Waals surface area (Å²) in [5, 5.41) is 13.6. The molecule has 3 aromatic rings. The molecule has 0 bridgehead atoms. The van der Waals surface area contributed by atoms with Crippen molar-refractivity contribution >= 4 is 50.0 Å². The summed E-state index contributed by atoms with van der Waals surface area (Å²) in [6.45, 7) is 3.96. The third-order valence-corrected chi connectivity index (χ3v) is 7.07. The Morgan fingerprint density at radius 3 is 2.41 bits per heavy atom. The summed E-state index contributed by atoms with van der Waals surface area (Å²) in [6.07, 6.45) is 0.865. The van der Waals surface area contributed by atoms with E-state index in [9.17, 15) is 19.5 Å². The van der Waals surface area contributed by atoms with E-state index in [4.69, 9.17) is 0 Å². The number of carbonyl (C=O) groups is 1. The quantitative estimate of drug-likeness (QED) is 0.362. The van der Waals surface area contributed by atoms with Crippen molar-refractivity contribution in [2.75, 3.05) is 11.1 Å². The summed E-state index contributed by atoms with van der Waals surface area (Å²) in [7, 11) is 2.69. The maximum Gasteiger partial charge on any atom is 0.333 e. The standard InChI is InChI=1S/C24H25BrN4O4S/c1-5-15-6-8-16(9-7-15)27-21(20-22(31)28(3)24(33)29(4)23(20)32)34-13-19(30)26-17-10-11-18(25)14(2)12-17/h6-12,31H,5,13H2,1-4H3,(H,26,30). The Morgan fingerprint density at radius 1 is 1.12 bits per heavy atom. The van der Waals surface area contributed by atoms with Gasteiger partial charge in [0.1, 0.15) is 10.6 Å². The van der Waals surface area contributed by atoms with E-state index in [1.165, 1.54) is 14.1 Å². The molecule has 0 fully saturated rings. The summed E-state index contributed by atoms with van der Waals surface area (Å²) in [5.41, 5.74) is 1.80. The molecular formula is C24H25BrN4O4S. The zero-order chi connectivity index (χ0) is 25.0. The summed E-state index contributed by atoms with van der Waals surface area (Å²) in [5.74, 6) is -0.873. The van der Waals surface area contributed by atoms with Gasteiger partial charge in [0.05, 0.1) is 11.4 Å². The van der Waals surface area contributed by atoms with E-state index < -0.39 is 17.1 Å². The van der Waals surface area contributed by atoms with Crippen molar-refractivity contribution in [3.63, 3.8) is 0 Å². The van der Waals surface area contributed by atoms with Crippen LogP contribution in [-0.4, -0.2) is 30.9 Å². The first-order valence-corrected chi connectivity index (χ1v) is 12.3. The Kier molecular flexibility index (Phi) is 8.16. The second kappa shape index (κ2) is 10.9. The molecule has 0 saturated heterocycles. The maximum absolute atomic E-state index is 12.9. The monoisotopic (exact) mass is 544 g/mol. The number of thioether (sulfide) groups is 1. The van der Waals surface area contributed by atoms with Crippen LogP contribution in [0.5, 0.6) is 5.88 Å². The molecule has 0 aliphatic rings. The maximum atomic E-state index is 12.9. The molecule has 3 rings (SSSR count). The number of hydrogen-bond donors (Lipinski definition) is 2. The van der Waals surface area contributed by atoms with Crippen molar-refractivity contribution < 1.29 is 9.90 Å². The highest BCUT2D eigenvalue weighted by atomic mass is 79.9. The number of halogens is 1. The first kappa shape index (κ1) is 25.5. The highest BCUT2D eigenvalue weighted by molar-refractivity contribution is 9.10. The van der Waals surface area contributed by atoms with E-state index in [0.717, 1.165) is 42.9 Å². The van der Waals surface area contributed by atoms with Gasteiger partial charge in [0.25, 0.3) is 5.56 Å². The van der Waals surface area contributed by atoms with Crippen LogP contribution in [0, 0.1) is 6.92 Å². The number of nitrogens with zero attached hydrogens (tertiary/aromatic N) is 3. The van der Waals surface area contributed by atoms with Crippen LogP contribution in [-0.2, 0) is 25.3 Å². The van der Waals surface area contributed by atoms with Crippen LogP contribution in [0.4, 0.5) is 11.4 Å². The fraction of sp³-hybridized carbons (Fsp3) is 0.250. The number of carbonyl (C=O) groups excluding carboxylic acids is 1. The minimum atomic E-state index is -0.694. The van der Waals surface area contributed by atoms with E-state index in [-0.39, 0.29) is 22.3 Å². The number of hydrogen-bond acceptors (Lipinski definition) is 6. The average molecular weight is 545 g/mol. The van der Waals surface area contributed by atoms with Crippen LogP contribution in [0.15, 0.2) is 61.5 Å². The molecule has 0 unspecified atom stereocenters. The lowest BCUT2D eigenvalue weighted by Crippen LogP contribution is -2.39. The predicted octanol–water partition coefficient (Wildman–Crippen LogP) is 3.87. The highest BCUT2D eigenvalue weighted by Gasteiger charge is 2.22. The molecular weight excluding hydrogens is 520 g/mol. The largest absolute Gasteiger partial charge is 0.494 e. The fourth-order valence-electron chi connectivity index (χ4n) is 3.16. The Bertz CT molecular complexity index is 1380. The molecule has 1 heterocycles. The molecule has 2 N–H and O–H groups in total. The molecule has 1 amide bonds. The molecule has 178 valence electrons. The number of aliphatic imine (C=N–C) groups is 1. The van der Waals surface area contributed by atoms with Crippen LogP contribution < -0.4 is 16.6 Å². The molecule has 2 aromatic carbocycles. The molecule has 34 heavy (non-hydrogen) atoms. The average Bonchev–Trinajstić information content (AvgIpc) is 2.82. The van der Waals surface area contributed by atoms with Gasteiger partial charge in [-0.2, -0.15) is 0 Å². The van der Waals surface area contributed by atoms with Crippen molar-refractivity contribution in [1.82, 2.24) is 9.13 Å². The Balaban J connectivity index is 1.96. The van der Waals surface area contributed by atoms with E-state index in [0.29, 0.717) is 11.4 Å². The lowest BCUT2D eigenvalue weighted by molar-refractivity contribution is -0.113. The number of aromatic nitrogens is 2. The second-order valence-corrected chi connectivity index (χ2v) is 9.46. The fourth-order valence-corrected chi connectivity index (χ4v) is 4.24. The molecule has 10 heteroatoms. The number of nitrogens with one attached hydrogen (secondary N) is 1. The molecule has 0 atom stereocenters. The van der Waals surface area contributed by atoms with Crippen molar-refractivity contribution in [2.24, 2.45) is 19.1 Å². The predicted molar refractivity (Wildman–Crippen MR) is 141 cm³/mol. The van der Waals surface area contributed by atoms with E-state index in [1.54, 1.807) is 18.2 Å². The third-order valence-electron chi connectivity index (χ3n) is 5.20. The molecule has 0 radical (unpaired) electrons. The lowest BCUT2D eigenvalue weighted by Gasteiger charge is -2.13. The summed E-state index contributed by atoms with van der Waals surface area (Å²) >= 11 is 4.44. The number of aryl methyl sites for hydroxylation is 2. The van der Waals surface area contributed by atoms with Gasteiger partial charge in [-0.1, -0.05) is 46.7 Å². The first-order chi connectivity index (χ1) is 16.1. The van der Waals surface area contributed by atoms with E-state index >= 15 is 0 Å². The van der Waals surface area contributed by atoms with Gasteiger partial charge in [-0.05, 0) is 54.8 Å². The van der Waals surface area contributed by atoms with Gasteiger partial charge < -0.3 is 10.4 Å². The summed E-state index contributed by atoms with van der Waals surface area (Å²) in [4.78, 5) is 42.3. The van der Waals surface area contributed by atoms with E-state index in [2.05, 4.69) is 26.2 Å². The summed E-state index contributed by atoms with van der Waals surface area (Å²) in [6, 6.07) is 12.9. The third kappa shape index (κ3) is 5.68.